The summed E-state index contributed by atoms with van der Waals surface area (Å²) < 4.78 is 53.0. The number of anilines is 1. The number of para-hydroxylation sites is 11. The van der Waals surface area contributed by atoms with E-state index in [-0.39, 0.29) is 0 Å². The second-order valence-corrected chi connectivity index (χ2v) is 25.3. The van der Waals surface area contributed by atoms with Crippen molar-refractivity contribution in [2.75, 3.05) is 58.4 Å². The van der Waals surface area contributed by atoms with E-state index in [0.29, 0.717) is 33.4 Å². The van der Waals surface area contributed by atoms with Gasteiger partial charge >= 0.3 is 0 Å². The maximum absolute atomic E-state index is 5.30. The number of nitrogens with one attached hydrogen (secondary N) is 2. The lowest BCUT2D eigenvalue weighted by Crippen LogP contribution is -2.23. The summed E-state index contributed by atoms with van der Waals surface area (Å²) in [5.41, 5.74) is 19.5. The first-order valence-corrected chi connectivity index (χ1v) is 58.3. The molecule has 10 aromatic carbocycles. The standard InChI is InChI=1S/2C9H11N.C9H10O.C8H9N.2C8H8O2.C8H8O.C8H6O.C7H5NO.C7H5NS.C7H6O2.22C2H6/c1-2-6-9-8(4-1)5-3-7-10-9;2*1-2-4-9-7-10-6-5-8(9)3-1;1-3-7-4-2-6-9-8(7)5-1;1-2-4-8-7(3-1)5-9-6-10-8;1-2-4-8-7(3-1)9-5-6-10-8;2*1-2-4-8-7(3-1)5-6-9-8;3*1-2-4-7-6(3-1)8-5-9-7;22*1-2/h1-2,4,6,10H,3,5,7H2;1-4,10H,5-7H2;1-4H,5-7H2;2,4,6H,1,3,5H2;2*1-4H,5-6H2;1-4H,5-6H2;1-6H;2*1-5H;1-4H,5H2;22*1-2H3. The molecule has 0 atom stereocenters. The fourth-order valence-corrected chi connectivity index (χ4v) is 12.7. The molecule has 1 aliphatic carbocycles. The molecule has 0 saturated carbocycles. The number of hydrogen-bond acceptors (Lipinski definition) is 16. The number of rotatable bonds is 0. The highest BCUT2D eigenvalue weighted by molar-refractivity contribution is 7.16. The van der Waals surface area contributed by atoms with Crippen molar-refractivity contribution in [3.05, 3.63) is 335 Å². The normalized spacial score (nSPS) is 10.8. The molecule has 8 aliphatic rings. The average molecular weight is 2070 g/mol. The third-order valence-electron chi connectivity index (χ3n) is 17.4. The van der Waals surface area contributed by atoms with E-state index in [1.54, 1.807) is 17.6 Å². The summed E-state index contributed by atoms with van der Waals surface area (Å²) in [6, 6.07) is 86.9. The third-order valence-corrected chi connectivity index (χ3v) is 18.2. The maximum atomic E-state index is 5.30. The summed E-state index contributed by atoms with van der Waals surface area (Å²) in [6.45, 7) is 96.6. The highest BCUT2D eigenvalue weighted by Gasteiger charge is 2.14. The third kappa shape index (κ3) is 73.8. The van der Waals surface area contributed by atoms with Crippen LogP contribution in [0.15, 0.2) is 294 Å². The minimum Gasteiger partial charge on any atom is -0.493 e. The molecule has 0 fully saturated rings. The summed E-state index contributed by atoms with van der Waals surface area (Å²) in [5, 5.41) is 7.87. The Bertz CT molecular complexity index is 4000. The second-order valence-electron chi connectivity index (χ2n) is 24.4. The maximum Gasteiger partial charge on any atom is 0.231 e. The zero-order valence-corrected chi connectivity index (χ0v) is 103. The summed E-state index contributed by atoms with van der Waals surface area (Å²) in [6.07, 6.45) is 14.6. The molecule has 0 saturated heterocycles. The molecule has 16 heteroatoms. The molecule has 0 spiro atoms. The van der Waals surface area contributed by atoms with Gasteiger partial charge in [0.25, 0.3) is 0 Å². The number of fused-ring (bicyclic) bond motifs is 11. The van der Waals surface area contributed by atoms with Crippen molar-refractivity contribution in [3.63, 3.8) is 0 Å². The monoisotopic (exact) mass is 2070 g/mol. The van der Waals surface area contributed by atoms with E-state index in [9.17, 15) is 0 Å². The number of hydrogen-bond donors (Lipinski definition) is 2. The number of benzene rings is 10. The first kappa shape index (κ1) is 159. The Balaban J connectivity index is -0.000000149. The van der Waals surface area contributed by atoms with Gasteiger partial charge in [-0.05, 0) is 175 Å². The molecule has 148 heavy (non-hydrogen) atoms. The van der Waals surface area contributed by atoms with Gasteiger partial charge in [-0.3, -0.25) is 4.98 Å². The zero-order valence-electron chi connectivity index (χ0n) is 102. The van der Waals surface area contributed by atoms with E-state index in [4.69, 9.17) is 46.7 Å². The lowest BCUT2D eigenvalue weighted by molar-refractivity contribution is -0.0163. The first-order valence-electron chi connectivity index (χ1n) is 57.5. The van der Waals surface area contributed by atoms with Gasteiger partial charge in [-0.1, -0.05) is 481 Å². The molecular formula is C132H219N5O10S. The summed E-state index contributed by atoms with van der Waals surface area (Å²) in [5.74, 6) is 5.42. The minimum absolute atomic E-state index is 0.360. The van der Waals surface area contributed by atoms with Crippen LogP contribution in [0.1, 0.15) is 368 Å². The van der Waals surface area contributed by atoms with Gasteiger partial charge in [0.2, 0.25) is 6.79 Å². The van der Waals surface area contributed by atoms with Crippen LogP contribution in [0.5, 0.6) is 34.5 Å². The van der Waals surface area contributed by atoms with E-state index in [1.165, 1.54) is 99.9 Å². The number of ether oxygens (including phenoxy) is 8. The van der Waals surface area contributed by atoms with E-state index >= 15 is 0 Å². The molecular weight excluding hydrogens is 1850 g/mol. The largest absolute Gasteiger partial charge is 0.493 e. The zero-order chi connectivity index (χ0) is 115. The lowest BCUT2D eigenvalue weighted by Gasteiger charge is -2.17. The van der Waals surface area contributed by atoms with Gasteiger partial charge in [-0.25, -0.2) is 9.97 Å². The average Bonchev–Trinajstić information content (AvgIpc) is 1.85. The highest BCUT2D eigenvalue weighted by atomic mass is 32.1. The molecule has 0 bridgehead atoms. The van der Waals surface area contributed by atoms with Crippen LogP contribution in [0.25, 0.3) is 32.3 Å². The van der Waals surface area contributed by atoms with Crippen molar-refractivity contribution in [1.82, 2.24) is 20.3 Å². The SMILES string of the molecule is CC.CC.CC.CC.CC.CC.CC.CC.CC.CC.CC.CC.CC.CC.CC.CC.CC.CC.CC.CC.CC.CC.c1ccc2c(c1)CCCN2.c1ccc2c(c1)CCNC2.c1ccc2c(c1)CCO2.c1ccc2c(c1)CCOC2.c1ccc2c(c1)COCO2.c1ccc2c(c1)OCCO2.c1ccc2c(c1)OCO2.c1ccc2occc2c1.c1ccc2ocnc2c1.c1ccc2scnc2c1.c1cnc2c(c1)CCC2. The summed E-state index contributed by atoms with van der Waals surface area (Å²) >= 11 is 1.68. The Labute approximate surface area is 914 Å². The van der Waals surface area contributed by atoms with Gasteiger partial charge < -0.3 is 57.4 Å². The van der Waals surface area contributed by atoms with E-state index in [1.807, 2.05) is 486 Å². The van der Waals surface area contributed by atoms with Crippen molar-refractivity contribution in [1.29, 1.82) is 0 Å². The minimum atomic E-state index is 0.360. The Morgan fingerprint density at radius 1 is 0.250 bits per heavy atom. The van der Waals surface area contributed by atoms with E-state index < -0.39 is 0 Å². The number of aryl methyl sites for hydroxylation is 3. The molecule has 11 heterocycles. The van der Waals surface area contributed by atoms with Crippen LogP contribution in [0.2, 0.25) is 0 Å². The van der Waals surface area contributed by atoms with Crippen molar-refractivity contribution >= 4 is 49.3 Å². The van der Waals surface area contributed by atoms with E-state index in [2.05, 4.69) is 117 Å². The first-order chi connectivity index (χ1) is 73.6. The fourth-order valence-electron chi connectivity index (χ4n) is 12.0. The molecule has 7 aliphatic heterocycles. The van der Waals surface area contributed by atoms with Crippen LogP contribution in [0, 0.1) is 0 Å². The number of oxazole rings is 1. The van der Waals surface area contributed by atoms with Crippen LogP contribution in [-0.2, 0) is 67.8 Å². The molecule has 2 N–H and O–H groups in total. The Hall–Kier alpha value is -11.3. The predicted octanol–water partition coefficient (Wildman–Crippen LogP) is 41.9. The number of pyridine rings is 1. The lowest BCUT2D eigenvalue weighted by atomic mass is 10.0. The Morgan fingerprint density at radius 3 is 1.13 bits per heavy atom. The Morgan fingerprint density at radius 2 is 0.642 bits per heavy atom. The van der Waals surface area contributed by atoms with Crippen LogP contribution in [0.3, 0.4) is 0 Å². The topological polar surface area (TPSA) is 163 Å². The summed E-state index contributed by atoms with van der Waals surface area (Å²) in [4.78, 5) is 12.3. The molecule has 4 aromatic heterocycles. The fraction of sp³-hybridized carbons (Fsp3) is 0.477. The molecule has 15 nitrogen and oxygen atoms in total. The van der Waals surface area contributed by atoms with Gasteiger partial charge in [0, 0.05) is 48.0 Å². The number of aromatic nitrogens is 3. The highest BCUT2D eigenvalue weighted by Crippen LogP contribution is 2.32. The van der Waals surface area contributed by atoms with Gasteiger partial charge in [-0.2, -0.15) is 0 Å². The van der Waals surface area contributed by atoms with Gasteiger partial charge in [0.15, 0.2) is 41.8 Å². The number of furan rings is 1. The Kier molecular flexibility index (Phi) is 142. The molecule has 0 radical (unpaired) electrons. The molecule has 838 valence electrons. The van der Waals surface area contributed by atoms with Gasteiger partial charge in [0.1, 0.15) is 35.8 Å². The quantitative estimate of drug-likeness (QED) is 0.147. The van der Waals surface area contributed by atoms with Crippen molar-refractivity contribution < 1.29 is 46.7 Å². The second kappa shape index (κ2) is 132. The molecule has 0 amide bonds. The van der Waals surface area contributed by atoms with E-state index in [0.717, 1.165) is 120 Å². The van der Waals surface area contributed by atoms with Crippen molar-refractivity contribution in [2.45, 2.75) is 376 Å². The van der Waals surface area contributed by atoms with Crippen LogP contribution in [-0.4, -0.2) is 68.1 Å². The number of thiazole rings is 1. The predicted molar refractivity (Wildman–Crippen MR) is 663 cm³/mol. The molecule has 14 aromatic rings. The van der Waals surface area contributed by atoms with Crippen LogP contribution >= 0.6 is 11.3 Å². The molecule has 22 rings (SSSR count). The van der Waals surface area contributed by atoms with Crippen molar-refractivity contribution in [3.8, 4) is 34.5 Å². The van der Waals surface area contributed by atoms with Gasteiger partial charge in [-0.15, -0.1) is 11.3 Å². The summed E-state index contributed by atoms with van der Waals surface area (Å²) in [7, 11) is 0. The smallest absolute Gasteiger partial charge is 0.231 e. The van der Waals surface area contributed by atoms with Gasteiger partial charge in [0.05, 0.1) is 48.4 Å². The van der Waals surface area contributed by atoms with Crippen molar-refractivity contribution in [2.24, 2.45) is 0 Å². The number of nitrogens with zero attached hydrogens (tertiary/aromatic N) is 3. The van der Waals surface area contributed by atoms with Crippen LogP contribution in [0.4, 0.5) is 5.69 Å². The van der Waals surface area contributed by atoms with Crippen LogP contribution < -0.4 is 39.1 Å². The molecule has 0 unspecified atom stereocenters.